The van der Waals surface area contributed by atoms with Crippen molar-refractivity contribution in [3.05, 3.63) is 36.8 Å². The summed E-state index contributed by atoms with van der Waals surface area (Å²) >= 11 is 0. The summed E-state index contributed by atoms with van der Waals surface area (Å²) in [7, 11) is 1.59. The van der Waals surface area contributed by atoms with E-state index in [0.717, 1.165) is 11.3 Å². The second kappa shape index (κ2) is 3.39. The lowest BCUT2D eigenvalue weighted by molar-refractivity contribution is 0.225. The molecule has 0 spiro atoms. The molecule has 0 heterocycles. The molecule has 2 heteroatoms. The summed E-state index contributed by atoms with van der Waals surface area (Å²) in [4.78, 5) is 0. The minimum Gasteiger partial charge on any atom is -0.497 e. The smallest absolute Gasteiger partial charge is 0.119 e. The first-order chi connectivity index (χ1) is 5.24. The number of hydrogen-bond donors (Lipinski definition) is 1. The summed E-state index contributed by atoms with van der Waals surface area (Å²) in [6.07, 6.45) is -0.676. The Hall–Kier alpha value is -1.02. The van der Waals surface area contributed by atoms with Crippen LogP contribution >= 0.6 is 0 Å². The van der Waals surface area contributed by atoms with Gasteiger partial charge in [0.2, 0.25) is 0 Å². The van der Waals surface area contributed by atoms with Crippen LogP contribution in [0, 0.1) is 6.92 Å². The van der Waals surface area contributed by atoms with Crippen LogP contribution in [0.1, 0.15) is 11.7 Å². The van der Waals surface area contributed by atoms with Crippen molar-refractivity contribution in [2.24, 2.45) is 0 Å². The maximum Gasteiger partial charge on any atom is 0.119 e. The zero-order chi connectivity index (χ0) is 8.27. The van der Waals surface area contributed by atoms with Gasteiger partial charge in [0.15, 0.2) is 0 Å². The van der Waals surface area contributed by atoms with Gasteiger partial charge in [-0.25, -0.2) is 0 Å². The van der Waals surface area contributed by atoms with Gasteiger partial charge in [0.05, 0.1) is 13.2 Å². The first-order valence-corrected chi connectivity index (χ1v) is 3.39. The molecule has 0 aliphatic rings. The molecule has 11 heavy (non-hydrogen) atoms. The second-order valence-electron chi connectivity index (χ2n) is 2.29. The Kier molecular flexibility index (Phi) is 2.49. The standard InChI is InChI=1S/C9H11O2/c1-7(10)8-4-3-5-9(6-8)11-2/h3-7,10H,1H2,2H3. The van der Waals surface area contributed by atoms with E-state index in [4.69, 9.17) is 9.84 Å². The number of methoxy groups -OCH3 is 1. The highest BCUT2D eigenvalue weighted by molar-refractivity contribution is 5.29. The quantitative estimate of drug-likeness (QED) is 0.695. The summed E-state index contributed by atoms with van der Waals surface area (Å²) in [5.41, 5.74) is 0.768. The Balaban J connectivity index is 2.91. The van der Waals surface area contributed by atoms with Crippen molar-refractivity contribution in [3.8, 4) is 5.75 Å². The van der Waals surface area contributed by atoms with Gasteiger partial charge < -0.3 is 9.84 Å². The Bertz CT molecular complexity index is 231. The summed E-state index contributed by atoms with van der Waals surface area (Å²) in [6.45, 7) is 3.48. The first kappa shape index (κ1) is 8.08. The van der Waals surface area contributed by atoms with E-state index in [9.17, 15) is 0 Å². The minimum atomic E-state index is -0.676. The SMILES string of the molecule is [CH2]C(O)c1cccc(OC)c1. The molecular weight excluding hydrogens is 140 g/mol. The van der Waals surface area contributed by atoms with Crippen LogP contribution in [0.2, 0.25) is 0 Å². The molecule has 0 fully saturated rings. The maximum absolute atomic E-state index is 9.08. The molecule has 2 nitrogen and oxygen atoms in total. The van der Waals surface area contributed by atoms with Crippen LogP contribution in [-0.4, -0.2) is 12.2 Å². The normalized spacial score (nSPS) is 12.6. The van der Waals surface area contributed by atoms with Crippen LogP contribution in [-0.2, 0) is 0 Å². The molecule has 1 atom stereocenters. The predicted octanol–water partition coefficient (Wildman–Crippen LogP) is 1.56. The van der Waals surface area contributed by atoms with Crippen molar-refractivity contribution in [3.63, 3.8) is 0 Å². The zero-order valence-electron chi connectivity index (χ0n) is 6.45. The third-order valence-corrected chi connectivity index (χ3v) is 1.48. The zero-order valence-corrected chi connectivity index (χ0v) is 6.45. The average Bonchev–Trinajstić information content (AvgIpc) is 2.05. The monoisotopic (exact) mass is 151 g/mol. The van der Waals surface area contributed by atoms with Gasteiger partial charge in [-0.15, -0.1) is 0 Å². The predicted molar refractivity (Wildman–Crippen MR) is 43.3 cm³/mol. The van der Waals surface area contributed by atoms with Gasteiger partial charge in [0.1, 0.15) is 5.75 Å². The van der Waals surface area contributed by atoms with Crippen molar-refractivity contribution in [1.82, 2.24) is 0 Å². The highest BCUT2D eigenvalue weighted by Crippen LogP contribution is 2.17. The van der Waals surface area contributed by atoms with Crippen molar-refractivity contribution < 1.29 is 9.84 Å². The van der Waals surface area contributed by atoms with Gasteiger partial charge in [0.25, 0.3) is 0 Å². The highest BCUT2D eigenvalue weighted by atomic mass is 16.5. The van der Waals surface area contributed by atoms with Gasteiger partial charge in [-0.05, 0) is 24.6 Å². The fourth-order valence-electron chi connectivity index (χ4n) is 0.849. The van der Waals surface area contributed by atoms with E-state index in [1.165, 1.54) is 0 Å². The molecule has 0 aromatic heterocycles. The second-order valence-corrected chi connectivity index (χ2v) is 2.29. The topological polar surface area (TPSA) is 29.5 Å². The summed E-state index contributed by atoms with van der Waals surface area (Å²) in [5, 5.41) is 9.08. The first-order valence-electron chi connectivity index (χ1n) is 3.39. The van der Waals surface area contributed by atoms with Gasteiger partial charge in [0, 0.05) is 0 Å². The molecule has 1 rings (SSSR count). The van der Waals surface area contributed by atoms with Crippen molar-refractivity contribution >= 4 is 0 Å². The van der Waals surface area contributed by atoms with E-state index < -0.39 is 6.10 Å². The fourth-order valence-corrected chi connectivity index (χ4v) is 0.849. The number of benzene rings is 1. The number of aliphatic hydroxyl groups excluding tert-OH is 1. The molecule has 0 saturated heterocycles. The summed E-state index contributed by atoms with van der Waals surface area (Å²) in [5.74, 6) is 0.741. The van der Waals surface area contributed by atoms with E-state index in [1.807, 2.05) is 12.1 Å². The molecule has 1 aromatic rings. The van der Waals surface area contributed by atoms with Crippen LogP contribution < -0.4 is 4.74 Å². The maximum atomic E-state index is 9.08. The fraction of sp³-hybridized carbons (Fsp3) is 0.222. The number of ether oxygens (including phenoxy) is 1. The molecule has 0 aliphatic carbocycles. The third kappa shape index (κ3) is 1.95. The molecule has 0 saturated carbocycles. The van der Waals surface area contributed by atoms with E-state index >= 15 is 0 Å². The summed E-state index contributed by atoms with van der Waals surface area (Å²) in [6, 6.07) is 7.21. The lowest BCUT2D eigenvalue weighted by Crippen LogP contribution is -1.91. The lowest BCUT2D eigenvalue weighted by atomic mass is 10.1. The molecule has 0 aliphatic heterocycles. The number of aliphatic hydroxyl groups is 1. The van der Waals surface area contributed by atoms with Gasteiger partial charge in [-0.2, -0.15) is 0 Å². The van der Waals surface area contributed by atoms with Crippen LogP contribution in [0.4, 0.5) is 0 Å². The molecule has 1 unspecified atom stereocenters. The molecule has 59 valence electrons. The Morgan fingerprint density at radius 3 is 2.82 bits per heavy atom. The largest absolute Gasteiger partial charge is 0.497 e. The minimum absolute atomic E-state index is 0.676. The van der Waals surface area contributed by atoms with Crippen molar-refractivity contribution in [1.29, 1.82) is 0 Å². The van der Waals surface area contributed by atoms with E-state index in [-0.39, 0.29) is 0 Å². The Morgan fingerprint density at radius 1 is 1.55 bits per heavy atom. The van der Waals surface area contributed by atoms with Gasteiger partial charge >= 0.3 is 0 Å². The number of rotatable bonds is 2. The Morgan fingerprint density at radius 2 is 2.27 bits per heavy atom. The van der Waals surface area contributed by atoms with E-state index in [0.29, 0.717) is 0 Å². The van der Waals surface area contributed by atoms with Crippen molar-refractivity contribution in [2.45, 2.75) is 6.10 Å². The molecule has 1 radical (unpaired) electrons. The molecule has 0 bridgehead atoms. The molecule has 1 N–H and O–H groups in total. The van der Waals surface area contributed by atoms with E-state index in [1.54, 1.807) is 19.2 Å². The molecular formula is C9H11O2. The average molecular weight is 151 g/mol. The van der Waals surface area contributed by atoms with Gasteiger partial charge in [-0.3, -0.25) is 0 Å². The molecule has 1 aromatic carbocycles. The van der Waals surface area contributed by atoms with Gasteiger partial charge in [-0.1, -0.05) is 12.1 Å². The Labute approximate surface area is 66.4 Å². The van der Waals surface area contributed by atoms with E-state index in [2.05, 4.69) is 6.92 Å². The van der Waals surface area contributed by atoms with Crippen LogP contribution in [0.3, 0.4) is 0 Å². The van der Waals surface area contributed by atoms with Crippen LogP contribution in [0.5, 0.6) is 5.75 Å². The summed E-state index contributed by atoms with van der Waals surface area (Å²) < 4.78 is 4.97. The molecule has 0 amide bonds. The lowest BCUT2D eigenvalue weighted by Gasteiger charge is -2.05. The van der Waals surface area contributed by atoms with Crippen LogP contribution in [0.25, 0.3) is 0 Å². The van der Waals surface area contributed by atoms with Crippen LogP contribution in [0.15, 0.2) is 24.3 Å². The highest BCUT2D eigenvalue weighted by Gasteiger charge is 2.00. The van der Waals surface area contributed by atoms with Crippen molar-refractivity contribution in [2.75, 3.05) is 7.11 Å². The number of hydrogen-bond acceptors (Lipinski definition) is 2. The third-order valence-electron chi connectivity index (χ3n) is 1.48.